The summed E-state index contributed by atoms with van der Waals surface area (Å²) >= 11 is 0. The summed E-state index contributed by atoms with van der Waals surface area (Å²) in [6, 6.07) is 22.1. The molecule has 0 radical (unpaired) electrons. The van der Waals surface area contributed by atoms with Crippen molar-refractivity contribution >= 4 is 29.1 Å². The maximum Gasteiger partial charge on any atom is 0.264 e. The van der Waals surface area contributed by atoms with Gasteiger partial charge in [0.05, 0.1) is 30.9 Å². The molecule has 3 aromatic rings. The first-order valence-electron chi connectivity index (χ1n) is 15.7. The van der Waals surface area contributed by atoms with E-state index < -0.39 is 17.4 Å². The van der Waals surface area contributed by atoms with Crippen LogP contribution >= 0.6 is 0 Å². The van der Waals surface area contributed by atoms with Gasteiger partial charge in [0.1, 0.15) is 0 Å². The summed E-state index contributed by atoms with van der Waals surface area (Å²) in [5, 5.41) is 28.1. The number of anilines is 2. The Morgan fingerprint density at radius 1 is 1.09 bits per heavy atom. The van der Waals surface area contributed by atoms with Gasteiger partial charge in [0, 0.05) is 30.1 Å². The molecule has 0 unspecified atom stereocenters. The molecule has 0 aliphatic carbocycles. The Balaban J connectivity index is 1.15. The topological polar surface area (TPSA) is 122 Å². The Morgan fingerprint density at radius 3 is 2.64 bits per heavy atom. The summed E-state index contributed by atoms with van der Waals surface area (Å²) in [6.07, 6.45) is 5.91. The molecule has 45 heavy (non-hydrogen) atoms. The predicted octanol–water partition coefficient (Wildman–Crippen LogP) is 3.64. The molecule has 3 aliphatic rings. The minimum absolute atomic E-state index is 0.0716. The van der Waals surface area contributed by atoms with E-state index in [0.29, 0.717) is 29.9 Å². The Labute approximate surface area is 263 Å². The monoisotopic (exact) mass is 608 g/mol. The van der Waals surface area contributed by atoms with Crippen molar-refractivity contribution in [3.63, 3.8) is 0 Å². The Kier molecular flexibility index (Phi) is 8.85. The highest BCUT2D eigenvalue weighted by Gasteiger charge is 2.52. The molecule has 0 spiro atoms. The van der Waals surface area contributed by atoms with Crippen molar-refractivity contribution in [3.05, 3.63) is 107 Å². The molecular formula is C36H40N4O5. The summed E-state index contributed by atoms with van der Waals surface area (Å²) < 4.78 is 0. The van der Waals surface area contributed by atoms with Crippen LogP contribution in [0.5, 0.6) is 0 Å². The number of carbonyl (C=O) groups excluding carboxylic acids is 3. The normalized spacial score (nSPS) is 23.2. The molecule has 4 atom stereocenters. The molecule has 0 bridgehead atoms. The van der Waals surface area contributed by atoms with E-state index >= 15 is 0 Å². The minimum atomic E-state index is -1.81. The maximum absolute atomic E-state index is 14.0. The highest BCUT2D eigenvalue weighted by molar-refractivity contribution is 6.07. The average Bonchev–Trinajstić information content (AvgIpc) is 3.68. The van der Waals surface area contributed by atoms with Crippen molar-refractivity contribution in [1.29, 1.82) is 0 Å². The van der Waals surface area contributed by atoms with E-state index in [4.69, 9.17) is 0 Å². The number of nitrogens with zero attached hydrogens (tertiary/aromatic N) is 2. The zero-order chi connectivity index (χ0) is 31.6. The Bertz CT molecular complexity index is 1620. The number of aliphatic hydroxyl groups is 2. The van der Waals surface area contributed by atoms with Crippen LogP contribution in [0.25, 0.3) is 0 Å². The van der Waals surface area contributed by atoms with Crippen LogP contribution in [0.1, 0.15) is 48.4 Å². The van der Waals surface area contributed by atoms with E-state index in [2.05, 4.69) is 10.6 Å². The van der Waals surface area contributed by atoms with E-state index in [1.54, 1.807) is 41.0 Å². The lowest BCUT2D eigenvalue weighted by molar-refractivity contribution is -0.139. The van der Waals surface area contributed by atoms with Gasteiger partial charge in [-0.2, -0.15) is 0 Å². The lowest BCUT2D eigenvalue weighted by Gasteiger charge is -2.36. The van der Waals surface area contributed by atoms with E-state index in [1.807, 2.05) is 60.7 Å². The lowest BCUT2D eigenvalue weighted by Crippen LogP contribution is -2.46. The molecule has 1 saturated heterocycles. The van der Waals surface area contributed by atoms with Gasteiger partial charge in [-0.1, -0.05) is 73.7 Å². The second kappa shape index (κ2) is 13.0. The maximum atomic E-state index is 14.0. The number of aliphatic hydroxyl groups excluding tert-OH is 1. The summed E-state index contributed by atoms with van der Waals surface area (Å²) in [5.74, 6) is -1.25. The van der Waals surface area contributed by atoms with Crippen LogP contribution in [0.3, 0.4) is 0 Å². The zero-order valence-corrected chi connectivity index (χ0v) is 25.5. The summed E-state index contributed by atoms with van der Waals surface area (Å²) in [6.45, 7) is 3.15. The van der Waals surface area contributed by atoms with Gasteiger partial charge in [0.2, 0.25) is 11.8 Å². The highest BCUT2D eigenvalue weighted by atomic mass is 16.3. The second-order valence-electron chi connectivity index (χ2n) is 12.3. The van der Waals surface area contributed by atoms with Crippen molar-refractivity contribution in [3.8, 4) is 0 Å². The number of amides is 3. The molecule has 9 nitrogen and oxygen atoms in total. The molecule has 3 heterocycles. The van der Waals surface area contributed by atoms with Gasteiger partial charge < -0.3 is 30.6 Å². The predicted molar refractivity (Wildman–Crippen MR) is 172 cm³/mol. The van der Waals surface area contributed by atoms with Crippen LogP contribution in [-0.2, 0) is 39.5 Å². The number of para-hydroxylation sites is 1. The molecule has 0 saturated carbocycles. The minimum Gasteiger partial charge on any atom is -0.394 e. The molecule has 9 heteroatoms. The largest absolute Gasteiger partial charge is 0.394 e. The fourth-order valence-electron chi connectivity index (χ4n) is 6.80. The first-order chi connectivity index (χ1) is 21.8. The third-order valence-electron chi connectivity index (χ3n) is 9.35. The quantitative estimate of drug-likeness (QED) is 0.275. The number of carbonyl (C=O) groups is 3. The van der Waals surface area contributed by atoms with Crippen LogP contribution in [-0.4, -0.2) is 58.1 Å². The van der Waals surface area contributed by atoms with Crippen molar-refractivity contribution in [1.82, 2.24) is 10.2 Å². The summed E-state index contributed by atoms with van der Waals surface area (Å²) in [5.41, 5.74) is 3.03. The lowest BCUT2D eigenvalue weighted by atomic mass is 9.83. The van der Waals surface area contributed by atoms with E-state index in [0.717, 1.165) is 36.1 Å². The average molecular weight is 609 g/mol. The van der Waals surface area contributed by atoms with E-state index in [1.165, 1.54) is 0 Å². The molecule has 6 rings (SSSR count). The number of hydrogen-bond acceptors (Lipinski definition) is 6. The Morgan fingerprint density at radius 2 is 1.87 bits per heavy atom. The van der Waals surface area contributed by atoms with Gasteiger partial charge in [-0.25, -0.2) is 0 Å². The van der Waals surface area contributed by atoms with Gasteiger partial charge in [0.25, 0.3) is 5.91 Å². The van der Waals surface area contributed by atoms with Crippen LogP contribution in [0.4, 0.5) is 11.4 Å². The fraction of sp³-hybridized carbons (Fsp3) is 0.361. The molecule has 0 aromatic heterocycles. The smallest absolute Gasteiger partial charge is 0.264 e. The van der Waals surface area contributed by atoms with Gasteiger partial charge in [-0.3, -0.25) is 14.4 Å². The number of fused-ring (bicyclic) bond motifs is 2. The van der Waals surface area contributed by atoms with Crippen molar-refractivity contribution in [2.45, 2.75) is 63.4 Å². The van der Waals surface area contributed by atoms with Gasteiger partial charge in [-0.15, -0.1) is 0 Å². The molecule has 3 aliphatic heterocycles. The van der Waals surface area contributed by atoms with Crippen LogP contribution in [0, 0.1) is 5.92 Å². The molecular weight excluding hydrogens is 568 g/mol. The van der Waals surface area contributed by atoms with Crippen LogP contribution in [0.15, 0.2) is 84.9 Å². The third-order valence-corrected chi connectivity index (χ3v) is 9.35. The molecule has 4 N–H and O–H groups in total. The first-order valence-corrected chi connectivity index (χ1v) is 15.7. The van der Waals surface area contributed by atoms with E-state index in [9.17, 15) is 24.6 Å². The third kappa shape index (κ3) is 6.03. The zero-order valence-electron chi connectivity index (χ0n) is 25.5. The number of benzene rings is 3. The number of nitrogens with one attached hydrogen (secondary N) is 2. The van der Waals surface area contributed by atoms with Gasteiger partial charge in [-0.05, 0) is 60.7 Å². The first kappa shape index (κ1) is 30.7. The second-order valence-corrected chi connectivity index (χ2v) is 12.3. The molecule has 3 aromatic carbocycles. The molecule has 1 fully saturated rings. The van der Waals surface area contributed by atoms with Crippen molar-refractivity contribution < 1.29 is 24.6 Å². The standard InChI is InChI=1S/C36H40N4O5/c1-24(9-6-17-33(42)39-22-27-12-3-2-11-26(27)20-29(39)23-41)36(45)30-14-4-5-16-32(30)40(35(36)44)21-25-10-7-13-28(19-25)38-34(43)31-15-8-18-37-31/h2-7,9-14,16,19,24,29,31,37,41,45H,8,15,17-18,20-23H2,1H3,(H,38,43)/b9-6+/t24-,29-,31+,36+/m0/s1. The highest BCUT2D eigenvalue weighted by Crippen LogP contribution is 2.45. The molecule has 3 amide bonds. The summed E-state index contributed by atoms with van der Waals surface area (Å²) in [4.78, 5) is 43.1. The van der Waals surface area contributed by atoms with Crippen molar-refractivity contribution in [2.75, 3.05) is 23.4 Å². The summed E-state index contributed by atoms with van der Waals surface area (Å²) in [7, 11) is 0. The van der Waals surface area contributed by atoms with Crippen LogP contribution < -0.4 is 15.5 Å². The molecule has 234 valence electrons. The van der Waals surface area contributed by atoms with Crippen LogP contribution in [0.2, 0.25) is 0 Å². The number of hydrogen-bond donors (Lipinski definition) is 4. The van der Waals surface area contributed by atoms with E-state index in [-0.39, 0.29) is 43.5 Å². The SMILES string of the molecule is C[C@@H](/C=C/CC(=O)N1Cc2ccccc2C[C@H]1CO)[C@]1(O)C(=O)N(Cc2cccc(NC(=O)[C@H]3CCCN3)c2)c2ccccc21. The van der Waals surface area contributed by atoms with Gasteiger partial charge >= 0.3 is 0 Å². The fourth-order valence-corrected chi connectivity index (χ4v) is 6.80. The van der Waals surface area contributed by atoms with Gasteiger partial charge in [0.15, 0.2) is 5.60 Å². The Hall–Kier alpha value is -4.31. The number of rotatable bonds is 9. The van der Waals surface area contributed by atoms with Crippen molar-refractivity contribution in [2.24, 2.45) is 5.92 Å².